The Morgan fingerprint density at radius 3 is 2.33 bits per heavy atom. The summed E-state index contributed by atoms with van der Waals surface area (Å²) in [5, 5.41) is 11.9. The molecule has 2 rings (SSSR count). The average Bonchev–Trinajstić information content (AvgIpc) is 2.46. The number of benzene rings is 1. The zero-order valence-corrected chi connectivity index (χ0v) is 12.4. The molecule has 114 valence electrons. The maximum Gasteiger partial charge on any atom is 0.307 e. The molecule has 0 fully saturated rings. The third-order valence-electron chi connectivity index (χ3n) is 3.44. The highest BCUT2D eigenvalue weighted by molar-refractivity contribution is 6.34. The number of halogens is 1. The average molecular weight is 314 g/mol. The van der Waals surface area contributed by atoms with Gasteiger partial charge in [0.25, 0.3) is 0 Å². The molecule has 2 N–H and O–H groups in total. The number of nitrogens with one attached hydrogen (secondary N) is 1. The minimum atomic E-state index is -1.02. The van der Waals surface area contributed by atoms with E-state index in [9.17, 15) is 9.59 Å². The Kier molecular flexibility index (Phi) is 4.57. The molecule has 21 heavy (non-hydrogen) atoms. The van der Waals surface area contributed by atoms with Crippen molar-refractivity contribution in [3.05, 3.63) is 17.2 Å². The zero-order valence-electron chi connectivity index (χ0n) is 11.7. The first-order valence-corrected chi connectivity index (χ1v) is 6.90. The van der Waals surface area contributed by atoms with Crippen LogP contribution in [0.4, 0.5) is 5.69 Å². The fourth-order valence-electron chi connectivity index (χ4n) is 1.85. The van der Waals surface area contributed by atoms with E-state index in [1.807, 2.05) is 0 Å². The molecule has 1 heterocycles. The minimum Gasteiger partial charge on any atom is -0.486 e. The van der Waals surface area contributed by atoms with Crippen molar-refractivity contribution >= 4 is 29.2 Å². The first kappa shape index (κ1) is 15.4. The van der Waals surface area contributed by atoms with E-state index in [-0.39, 0.29) is 0 Å². The summed E-state index contributed by atoms with van der Waals surface area (Å²) in [7, 11) is 0. The van der Waals surface area contributed by atoms with Gasteiger partial charge in [-0.3, -0.25) is 9.59 Å². The Balaban J connectivity index is 2.16. The van der Waals surface area contributed by atoms with Gasteiger partial charge in [0.05, 0.1) is 16.6 Å². The Labute approximate surface area is 127 Å². The molecule has 7 heteroatoms. The highest BCUT2D eigenvalue weighted by atomic mass is 35.5. The summed E-state index contributed by atoms with van der Waals surface area (Å²) >= 11 is 6.09. The van der Waals surface area contributed by atoms with E-state index < -0.39 is 23.7 Å². The summed E-state index contributed by atoms with van der Waals surface area (Å²) in [4.78, 5) is 23.0. The number of carboxylic acid groups (broad SMARTS) is 1. The fourth-order valence-corrected chi connectivity index (χ4v) is 2.05. The number of hydrogen-bond donors (Lipinski definition) is 2. The lowest BCUT2D eigenvalue weighted by molar-refractivity contribution is -0.145. The Bertz CT molecular complexity index is 575. The van der Waals surface area contributed by atoms with Crippen LogP contribution < -0.4 is 14.8 Å². The molecule has 1 aromatic rings. The van der Waals surface area contributed by atoms with E-state index in [0.29, 0.717) is 35.4 Å². The molecule has 1 amide bonds. The Hall–Kier alpha value is -1.95. The summed E-state index contributed by atoms with van der Waals surface area (Å²) in [6.45, 7) is 3.91. The second kappa shape index (κ2) is 6.22. The number of amides is 1. The van der Waals surface area contributed by atoms with Crippen molar-refractivity contribution in [1.82, 2.24) is 0 Å². The van der Waals surface area contributed by atoms with Crippen molar-refractivity contribution in [1.29, 1.82) is 0 Å². The number of fused-ring (bicyclic) bond motifs is 1. The predicted octanol–water partition coefficient (Wildman–Crippen LogP) is 2.41. The van der Waals surface area contributed by atoms with Crippen molar-refractivity contribution in [2.75, 3.05) is 18.5 Å². The summed E-state index contributed by atoms with van der Waals surface area (Å²) in [5.74, 6) is -1.89. The molecule has 1 aliphatic heterocycles. The molecule has 0 spiro atoms. The first-order chi connectivity index (χ1) is 9.90. The summed E-state index contributed by atoms with van der Waals surface area (Å²) < 4.78 is 10.8. The van der Waals surface area contributed by atoms with Crippen LogP contribution >= 0.6 is 11.6 Å². The summed E-state index contributed by atoms with van der Waals surface area (Å²) in [5.41, 5.74) is 0.371. The van der Waals surface area contributed by atoms with Crippen LogP contribution in [0, 0.1) is 11.8 Å². The van der Waals surface area contributed by atoms with E-state index in [1.165, 1.54) is 6.92 Å². The standard InChI is InChI=1S/C14H16ClNO5/c1-7(8(2)14(18)19)13(17)16-10-6-12-11(5-9(10)15)20-3-4-21-12/h5-8H,3-4H2,1-2H3,(H,16,17)(H,18,19). The van der Waals surface area contributed by atoms with Crippen LogP contribution in [0.5, 0.6) is 11.5 Å². The molecule has 0 saturated carbocycles. The normalized spacial score (nSPS) is 16.0. The van der Waals surface area contributed by atoms with Gasteiger partial charge in [-0.15, -0.1) is 0 Å². The van der Waals surface area contributed by atoms with Gasteiger partial charge in [0.15, 0.2) is 11.5 Å². The molecule has 0 bridgehead atoms. The van der Waals surface area contributed by atoms with Crippen molar-refractivity contribution in [3.63, 3.8) is 0 Å². The van der Waals surface area contributed by atoms with E-state index in [4.69, 9.17) is 26.2 Å². The topological polar surface area (TPSA) is 84.9 Å². The third kappa shape index (κ3) is 3.39. The predicted molar refractivity (Wildman–Crippen MR) is 77.0 cm³/mol. The van der Waals surface area contributed by atoms with Gasteiger partial charge < -0.3 is 19.9 Å². The number of hydrogen-bond acceptors (Lipinski definition) is 4. The lowest BCUT2D eigenvalue weighted by Gasteiger charge is -2.21. The molecule has 1 aromatic carbocycles. The number of anilines is 1. The van der Waals surface area contributed by atoms with Crippen LogP contribution in [0.25, 0.3) is 0 Å². The van der Waals surface area contributed by atoms with Gasteiger partial charge in [-0.05, 0) is 0 Å². The number of rotatable bonds is 4. The minimum absolute atomic E-state index is 0.308. The molecule has 0 saturated heterocycles. The fraction of sp³-hybridized carbons (Fsp3) is 0.429. The lowest BCUT2D eigenvalue weighted by atomic mass is 9.95. The number of carbonyl (C=O) groups excluding carboxylic acids is 1. The maximum atomic E-state index is 12.1. The molecule has 2 unspecified atom stereocenters. The van der Waals surface area contributed by atoms with Crippen LogP contribution in [0.3, 0.4) is 0 Å². The largest absolute Gasteiger partial charge is 0.486 e. The highest BCUT2D eigenvalue weighted by Gasteiger charge is 2.26. The smallest absolute Gasteiger partial charge is 0.307 e. The summed E-state index contributed by atoms with van der Waals surface area (Å²) in [6.07, 6.45) is 0. The summed E-state index contributed by atoms with van der Waals surface area (Å²) in [6, 6.07) is 3.14. The van der Waals surface area contributed by atoms with Crippen LogP contribution in [0.1, 0.15) is 13.8 Å². The highest BCUT2D eigenvalue weighted by Crippen LogP contribution is 2.38. The molecule has 1 aliphatic rings. The Morgan fingerprint density at radius 2 is 1.76 bits per heavy atom. The number of ether oxygens (including phenoxy) is 2. The van der Waals surface area contributed by atoms with Crippen LogP contribution in [-0.4, -0.2) is 30.2 Å². The second-order valence-corrected chi connectivity index (χ2v) is 5.29. The van der Waals surface area contributed by atoms with Gasteiger partial charge in [0.2, 0.25) is 5.91 Å². The van der Waals surface area contributed by atoms with Gasteiger partial charge >= 0.3 is 5.97 Å². The third-order valence-corrected chi connectivity index (χ3v) is 3.76. The van der Waals surface area contributed by atoms with Crippen molar-refractivity contribution < 1.29 is 24.2 Å². The van der Waals surface area contributed by atoms with Crippen molar-refractivity contribution in [2.24, 2.45) is 11.8 Å². The number of carbonyl (C=O) groups is 2. The maximum absolute atomic E-state index is 12.1. The molecule has 0 aliphatic carbocycles. The first-order valence-electron chi connectivity index (χ1n) is 6.53. The van der Waals surface area contributed by atoms with Gasteiger partial charge in [-0.2, -0.15) is 0 Å². The van der Waals surface area contributed by atoms with E-state index in [2.05, 4.69) is 5.32 Å². The van der Waals surface area contributed by atoms with Crippen LogP contribution in [-0.2, 0) is 9.59 Å². The molecule has 2 atom stereocenters. The van der Waals surface area contributed by atoms with Gasteiger partial charge in [0.1, 0.15) is 13.2 Å². The Morgan fingerprint density at radius 1 is 1.19 bits per heavy atom. The zero-order chi connectivity index (χ0) is 15.6. The lowest BCUT2D eigenvalue weighted by Crippen LogP contribution is -2.30. The quantitative estimate of drug-likeness (QED) is 0.891. The molecule has 6 nitrogen and oxygen atoms in total. The van der Waals surface area contributed by atoms with E-state index >= 15 is 0 Å². The molecule has 0 radical (unpaired) electrons. The van der Waals surface area contributed by atoms with Crippen molar-refractivity contribution in [3.8, 4) is 11.5 Å². The molecular formula is C14H16ClNO5. The monoisotopic (exact) mass is 313 g/mol. The van der Waals surface area contributed by atoms with Crippen LogP contribution in [0.2, 0.25) is 5.02 Å². The van der Waals surface area contributed by atoms with E-state index in [0.717, 1.165) is 0 Å². The number of carboxylic acids is 1. The van der Waals surface area contributed by atoms with Crippen molar-refractivity contribution in [2.45, 2.75) is 13.8 Å². The molecule has 0 aromatic heterocycles. The van der Waals surface area contributed by atoms with Gasteiger partial charge in [-0.25, -0.2) is 0 Å². The van der Waals surface area contributed by atoms with Gasteiger partial charge in [0, 0.05) is 18.1 Å². The number of aliphatic carboxylic acids is 1. The SMILES string of the molecule is CC(C(=O)O)C(C)C(=O)Nc1cc2c(cc1Cl)OCCO2. The van der Waals surface area contributed by atoms with Crippen LogP contribution in [0.15, 0.2) is 12.1 Å². The molecular weight excluding hydrogens is 298 g/mol. The second-order valence-electron chi connectivity index (χ2n) is 4.88. The van der Waals surface area contributed by atoms with E-state index in [1.54, 1.807) is 19.1 Å². The van der Waals surface area contributed by atoms with Gasteiger partial charge in [-0.1, -0.05) is 25.4 Å².